The number of nitro benzene ring substituents is 1. The van der Waals surface area contributed by atoms with Crippen molar-refractivity contribution in [1.29, 1.82) is 0 Å². The van der Waals surface area contributed by atoms with Crippen LogP contribution in [0.15, 0.2) is 102 Å². The summed E-state index contributed by atoms with van der Waals surface area (Å²) in [6.07, 6.45) is 0.689. The normalized spacial score (nSPS) is 11.8. The molecule has 9 heteroatoms. The number of hydrogen-bond acceptors (Lipinski definition) is 5. The molecule has 206 valence electrons. The molecule has 0 bridgehead atoms. The highest BCUT2D eigenvalue weighted by Crippen LogP contribution is 2.30. The van der Waals surface area contributed by atoms with Crippen LogP contribution < -0.4 is 5.56 Å². The van der Waals surface area contributed by atoms with E-state index in [2.05, 4.69) is 0 Å². The third-order valence-electron chi connectivity index (χ3n) is 7.11. The van der Waals surface area contributed by atoms with Gasteiger partial charge in [-0.05, 0) is 48.7 Å². The molecule has 0 spiro atoms. The minimum atomic E-state index is -0.698. The van der Waals surface area contributed by atoms with Crippen LogP contribution in [0.2, 0.25) is 5.02 Å². The number of benzene rings is 4. The molecule has 5 rings (SSSR count). The molecule has 0 aliphatic heterocycles. The Labute approximate surface area is 241 Å². The number of aromatic nitrogens is 2. The molecule has 0 saturated heterocycles. The molecule has 1 amide bonds. The SMILES string of the molecule is CCc1ccccc1-n1c(C(C)N(Cc2ccccc2)C(=O)c2ccc([N+](=O)[O-])cc2Cl)nc2ccccc2c1=O. The van der Waals surface area contributed by atoms with E-state index in [1.807, 2.05) is 74.5 Å². The Balaban J connectivity index is 1.72. The molecule has 41 heavy (non-hydrogen) atoms. The topological polar surface area (TPSA) is 98.3 Å². The highest BCUT2D eigenvalue weighted by molar-refractivity contribution is 6.34. The Kier molecular flexibility index (Phi) is 7.94. The largest absolute Gasteiger partial charge is 0.324 e. The van der Waals surface area contributed by atoms with Crippen LogP contribution in [0.25, 0.3) is 16.6 Å². The van der Waals surface area contributed by atoms with E-state index in [0.29, 0.717) is 28.8 Å². The first-order chi connectivity index (χ1) is 19.8. The second-order valence-corrected chi connectivity index (χ2v) is 10.0. The Hall–Kier alpha value is -4.82. The maximum absolute atomic E-state index is 14.1. The summed E-state index contributed by atoms with van der Waals surface area (Å²) in [5.41, 5.74) is 2.69. The summed E-state index contributed by atoms with van der Waals surface area (Å²) >= 11 is 6.41. The Morgan fingerprint density at radius 1 is 1.00 bits per heavy atom. The Morgan fingerprint density at radius 3 is 2.39 bits per heavy atom. The van der Waals surface area contributed by atoms with Crippen molar-refractivity contribution in [2.24, 2.45) is 0 Å². The van der Waals surface area contributed by atoms with Crippen LogP contribution in [0, 0.1) is 10.1 Å². The molecule has 0 aliphatic carbocycles. The molecule has 5 aromatic rings. The van der Waals surface area contributed by atoms with Crippen LogP contribution in [0.3, 0.4) is 0 Å². The third kappa shape index (κ3) is 5.47. The maximum atomic E-state index is 14.1. The van der Waals surface area contributed by atoms with Gasteiger partial charge in [-0.3, -0.25) is 24.3 Å². The van der Waals surface area contributed by atoms with Crippen molar-refractivity contribution in [2.75, 3.05) is 0 Å². The summed E-state index contributed by atoms with van der Waals surface area (Å²) in [5.74, 6) is -0.0594. The van der Waals surface area contributed by atoms with Gasteiger partial charge in [-0.1, -0.05) is 79.2 Å². The van der Waals surface area contributed by atoms with Gasteiger partial charge in [0, 0.05) is 18.7 Å². The van der Waals surface area contributed by atoms with Gasteiger partial charge in [0.2, 0.25) is 0 Å². The fourth-order valence-electron chi connectivity index (χ4n) is 4.94. The molecule has 8 nitrogen and oxygen atoms in total. The first kappa shape index (κ1) is 27.7. The molecular weight excluding hydrogens is 540 g/mol. The molecule has 1 unspecified atom stereocenters. The monoisotopic (exact) mass is 566 g/mol. The lowest BCUT2D eigenvalue weighted by atomic mass is 10.1. The average Bonchev–Trinajstić information content (AvgIpc) is 2.99. The van der Waals surface area contributed by atoms with E-state index in [1.165, 1.54) is 18.2 Å². The number of hydrogen-bond donors (Lipinski definition) is 0. The first-order valence-electron chi connectivity index (χ1n) is 13.2. The summed E-state index contributed by atoms with van der Waals surface area (Å²) in [5, 5.41) is 11.7. The zero-order valence-electron chi connectivity index (χ0n) is 22.5. The summed E-state index contributed by atoms with van der Waals surface area (Å²) < 4.78 is 1.59. The van der Waals surface area contributed by atoms with Crippen molar-refractivity contribution in [3.05, 3.63) is 145 Å². The smallest absolute Gasteiger partial charge is 0.270 e. The van der Waals surface area contributed by atoms with Crippen molar-refractivity contribution >= 4 is 34.1 Å². The number of amides is 1. The minimum absolute atomic E-state index is 0.0327. The van der Waals surface area contributed by atoms with E-state index in [1.54, 1.807) is 27.7 Å². The number of halogens is 1. The average molecular weight is 567 g/mol. The molecule has 1 heterocycles. The number of para-hydroxylation sites is 2. The van der Waals surface area contributed by atoms with Gasteiger partial charge in [-0.15, -0.1) is 0 Å². The number of rotatable bonds is 8. The molecule has 0 aliphatic rings. The van der Waals surface area contributed by atoms with Gasteiger partial charge in [-0.25, -0.2) is 4.98 Å². The number of non-ortho nitro benzene ring substituents is 1. The van der Waals surface area contributed by atoms with Gasteiger partial charge in [0.15, 0.2) is 0 Å². The molecule has 0 fully saturated rings. The van der Waals surface area contributed by atoms with E-state index >= 15 is 0 Å². The van der Waals surface area contributed by atoms with E-state index < -0.39 is 16.9 Å². The van der Waals surface area contributed by atoms with Crippen LogP contribution in [0.4, 0.5) is 5.69 Å². The van der Waals surface area contributed by atoms with Gasteiger partial charge < -0.3 is 4.90 Å². The number of aryl methyl sites for hydroxylation is 1. The summed E-state index contributed by atoms with van der Waals surface area (Å²) in [7, 11) is 0. The third-order valence-corrected chi connectivity index (χ3v) is 7.42. The quantitative estimate of drug-likeness (QED) is 0.150. The highest BCUT2D eigenvalue weighted by Gasteiger charge is 2.30. The molecule has 4 aromatic carbocycles. The van der Waals surface area contributed by atoms with Gasteiger partial charge >= 0.3 is 0 Å². The molecule has 1 atom stereocenters. The second kappa shape index (κ2) is 11.7. The number of carbonyl (C=O) groups is 1. The Bertz CT molecular complexity index is 1820. The van der Waals surface area contributed by atoms with E-state index in [9.17, 15) is 19.7 Å². The molecular formula is C32H27ClN4O4. The lowest BCUT2D eigenvalue weighted by Gasteiger charge is -2.31. The zero-order valence-corrected chi connectivity index (χ0v) is 23.3. The Morgan fingerprint density at radius 2 is 1.68 bits per heavy atom. The van der Waals surface area contributed by atoms with Crippen LogP contribution in [-0.2, 0) is 13.0 Å². The standard InChI is InChI=1S/C32H27ClN4O4/c1-3-23-13-7-10-16-29(23)36-30(34-28-15-9-8-14-26(28)32(36)39)21(2)35(20-22-11-5-4-6-12-22)31(38)25-18-17-24(37(40)41)19-27(25)33/h4-19,21H,3,20H2,1-2H3. The molecule has 0 radical (unpaired) electrons. The van der Waals surface area contributed by atoms with Crippen LogP contribution in [-0.4, -0.2) is 25.3 Å². The van der Waals surface area contributed by atoms with Crippen molar-refractivity contribution in [2.45, 2.75) is 32.9 Å². The molecule has 1 aromatic heterocycles. The molecule has 0 N–H and O–H groups in total. The summed E-state index contributed by atoms with van der Waals surface area (Å²) in [4.78, 5) is 45.4. The van der Waals surface area contributed by atoms with Crippen molar-refractivity contribution in [3.63, 3.8) is 0 Å². The van der Waals surface area contributed by atoms with E-state index in [0.717, 1.165) is 11.1 Å². The van der Waals surface area contributed by atoms with Crippen LogP contribution in [0.5, 0.6) is 0 Å². The lowest BCUT2D eigenvalue weighted by Crippen LogP contribution is -2.37. The van der Waals surface area contributed by atoms with Gasteiger partial charge in [0.05, 0.1) is 38.1 Å². The first-order valence-corrected chi connectivity index (χ1v) is 13.6. The van der Waals surface area contributed by atoms with Crippen molar-refractivity contribution in [3.8, 4) is 5.69 Å². The van der Waals surface area contributed by atoms with Gasteiger partial charge in [-0.2, -0.15) is 0 Å². The fraction of sp³-hybridized carbons (Fsp3) is 0.156. The molecule has 0 saturated carbocycles. The second-order valence-electron chi connectivity index (χ2n) is 9.63. The predicted molar refractivity (Wildman–Crippen MR) is 160 cm³/mol. The van der Waals surface area contributed by atoms with Crippen molar-refractivity contribution < 1.29 is 9.72 Å². The van der Waals surface area contributed by atoms with Gasteiger partial charge in [0.25, 0.3) is 17.2 Å². The van der Waals surface area contributed by atoms with Crippen LogP contribution >= 0.6 is 11.6 Å². The maximum Gasteiger partial charge on any atom is 0.270 e. The predicted octanol–water partition coefficient (Wildman–Crippen LogP) is 6.91. The number of fused-ring (bicyclic) bond motifs is 1. The van der Waals surface area contributed by atoms with E-state index in [-0.39, 0.29) is 28.4 Å². The minimum Gasteiger partial charge on any atom is -0.324 e. The van der Waals surface area contributed by atoms with Crippen molar-refractivity contribution in [1.82, 2.24) is 14.5 Å². The van der Waals surface area contributed by atoms with Gasteiger partial charge in [0.1, 0.15) is 5.82 Å². The number of carbonyl (C=O) groups excluding carboxylic acids is 1. The summed E-state index contributed by atoms with van der Waals surface area (Å²) in [6.45, 7) is 4.03. The lowest BCUT2D eigenvalue weighted by molar-refractivity contribution is -0.384. The number of nitro groups is 1. The van der Waals surface area contributed by atoms with Crippen LogP contribution in [0.1, 0.15) is 47.2 Å². The summed E-state index contributed by atoms with van der Waals surface area (Å²) in [6, 6.07) is 27.3. The zero-order chi connectivity index (χ0) is 29.1. The highest BCUT2D eigenvalue weighted by atomic mass is 35.5. The van der Waals surface area contributed by atoms with E-state index in [4.69, 9.17) is 16.6 Å². The number of nitrogens with zero attached hydrogens (tertiary/aromatic N) is 4. The fourth-order valence-corrected chi connectivity index (χ4v) is 5.20.